The van der Waals surface area contributed by atoms with Gasteiger partial charge in [-0.25, -0.2) is 9.97 Å². The second-order valence-electron chi connectivity index (χ2n) is 8.14. The summed E-state index contributed by atoms with van der Waals surface area (Å²) in [6.45, 7) is 8.16. The third kappa shape index (κ3) is 4.03. The van der Waals surface area contributed by atoms with Crippen LogP contribution in [0.25, 0.3) is 0 Å². The molecule has 0 unspecified atom stereocenters. The van der Waals surface area contributed by atoms with Crippen molar-refractivity contribution in [2.24, 2.45) is 0 Å². The van der Waals surface area contributed by atoms with Crippen LogP contribution in [-0.2, 0) is 17.9 Å². The predicted octanol–water partition coefficient (Wildman–Crippen LogP) is 3.32. The highest BCUT2D eigenvalue weighted by Gasteiger charge is 2.28. The van der Waals surface area contributed by atoms with Gasteiger partial charge in [-0.15, -0.1) is 0 Å². The third-order valence-electron chi connectivity index (χ3n) is 5.83. The van der Waals surface area contributed by atoms with Gasteiger partial charge in [-0.2, -0.15) is 0 Å². The highest BCUT2D eigenvalue weighted by Crippen LogP contribution is 2.29. The van der Waals surface area contributed by atoms with Gasteiger partial charge in [-0.05, 0) is 29.9 Å². The van der Waals surface area contributed by atoms with Gasteiger partial charge < -0.3 is 4.90 Å². The zero-order valence-corrected chi connectivity index (χ0v) is 16.3. The molecule has 2 aliphatic rings. The molecule has 0 aliphatic carbocycles. The third-order valence-corrected chi connectivity index (χ3v) is 5.83. The molecule has 3 heterocycles. The van der Waals surface area contributed by atoms with Gasteiger partial charge in [0.15, 0.2) is 0 Å². The summed E-state index contributed by atoms with van der Waals surface area (Å²) in [7, 11) is 0. The van der Waals surface area contributed by atoms with Crippen molar-refractivity contribution in [1.82, 2.24) is 19.8 Å². The van der Waals surface area contributed by atoms with Crippen molar-refractivity contribution < 1.29 is 4.79 Å². The first kappa shape index (κ1) is 18.1. The van der Waals surface area contributed by atoms with E-state index in [0.717, 1.165) is 50.3 Å². The molecule has 1 aromatic heterocycles. The number of amides is 1. The van der Waals surface area contributed by atoms with E-state index in [4.69, 9.17) is 0 Å². The van der Waals surface area contributed by atoms with Crippen molar-refractivity contribution in [2.45, 2.75) is 51.6 Å². The molecule has 0 radical (unpaired) electrons. The molecule has 0 N–H and O–H groups in total. The normalized spacial score (nSPS) is 20.1. The second-order valence-corrected chi connectivity index (χ2v) is 8.14. The fraction of sp³-hybridized carbons (Fsp3) is 0.500. The van der Waals surface area contributed by atoms with Crippen molar-refractivity contribution in [1.29, 1.82) is 0 Å². The first-order chi connectivity index (χ1) is 13.1. The molecule has 27 heavy (non-hydrogen) atoms. The maximum absolute atomic E-state index is 12.9. The van der Waals surface area contributed by atoms with E-state index in [9.17, 15) is 4.79 Å². The van der Waals surface area contributed by atoms with E-state index in [0.29, 0.717) is 18.4 Å². The highest BCUT2D eigenvalue weighted by atomic mass is 16.2. The largest absolute Gasteiger partial charge is 0.341 e. The van der Waals surface area contributed by atoms with Crippen LogP contribution in [0.4, 0.5) is 0 Å². The van der Waals surface area contributed by atoms with Crippen molar-refractivity contribution in [3.05, 3.63) is 59.2 Å². The summed E-state index contributed by atoms with van der Waals surface area (Å²) in [6.07, 6.45) is 5.69. The number of aromatic nitrogens is 2. The number of hydrogen-bond donors (Lipinski definition) is 0. The molecule has 4 rings (SSSR count). The van der Waals surface area contributed by atoms with Crippen molar-refractivity contribution >= 4 is 5.91 Å². The Hall–Kier alpha value is -2.27. The van der Waals surface area contributed by atoms with E-state index >= 15 is 0 Å². The lowest BCUT2D eigenvalue weighted by Gasteiger charge is -2.34. The molecular formula is C22H28N4O. The highest BCUT2D eigenvalue weighted by molar-refractivity contribution is 5.78. The number of fused-ring (bicyclic) bond motifs is 1. The van der Waals surface area contributed by atoms with Gasteiger partial charge in [-0.1, -0.05) is 38.1 Å². The van der Waals surface area contributed by atoms with Crippen LogP contribution in [0, 0.1) is 0 Å². The Morgan fingerprint density at radius 1 is 1.30 bits per heavy atom. The van der Waals surface area contributed by atoms with Gasteiger partial charge in [0, 0.05) is 43.9 Å². The summed E-state index contributed by atoms with van der Waals surface area (Å²) in [6, 6.07) is 8.92. The van der Waals surface area contributed by atoms with Crippen molar-refractivity contribution in [3.8, 4) is 0 Å². The summed E-state index contributed by atoms with van der Waals surface area (Å²) in [4.78, 5) is 25.6. The zero-order valence-electron chi connectivity index (χ0n) is 16.3. The molecule has 1 atom stereocenters. The standard InChI is InChI=1S/C22H28N4O/c1-16(2)17-5-3-6-18(9-17)19-7-4-8-26(12-19)22(27)14-25-11-20-10-23-15-24-21(20)13-25/h3,5-6,9-10,15-16,19H,4,7-8,11-14H2,1-2H3/t19-/m0/s1. The maximum atomic E-state index is 12.9. The molecule has 1 saturated heterocycles. The minimum atomic E-state index is 0.237. The van der Waals surface area contributed by atoms with E-state index in [-0.39, 0.29) is 5.91 Å². The van der Waals surface area contributed by atoms with Gasteiger partial charge in [0.2, 0.25) is 5.91 Å². The SMILES string of the molecule is CC(C)c1cccc([C@H]2CCCN(C(=O)CN3Cc4cncnc4C3)C2)c1. The smallest absolute Gasteiger partial charge is 0.236 e. The molecule has 1 aromatic carbocycles. The lowest BCUT2D eigenvalue weighted by Crippen LogP contribution is -2.43. The molecule has 0 bridgehead atoms. The fourth-order valence-electron chi connectivity index (χ4n) is 4.22. The summed E-state index contributed by atoms with van der Waals surface area (Å²) in [5.74, 6) is 1.22. The molecule has 5 heteroatoms. The molecule has 2 aromatic rings. The first-order valence-electron chi connectivity index (χ1n) is 9.98. The van der Waals surface area contributed by atoms with E-state index in [1.807, 2.05) is 6.20 Å². The van der Waals surface area contributed by atoms with E-state index < -0.39 is 0 Å². The number of piperidine rings is 1. The average molecular weight is 364 g/mol. The van der Waals surface area contributed by atoms with Crippen LogP contribution in [0.15, 0.2) is 36.8 Å². The minimum absolute atomic E-state index is 0.237. The van der Waals surface area contributed by atoms with Crippen LogP contribution in [-0.4, -0.2) is 45.3 Å². The molecule has 142 valence electrons. The Labute approximate surface area is 161 Å². The fourth-order valence-corrected chi connectivity index (χ4v) is 4.22. The van der Waals surface area contributed by atoms with Crippen LogP contribution in [0.5, 0.6) is 0 Å². The van der Waals surface area contributed by atoms with Gasteiger partial charge >= 0.3 is 0 Å². The Kier molecular flexibility index (Phi) is 5.21. The van der Waals surface area contributed by atoms with Crippen LogP contribution in [0.2, 0.25) is 0 Å². The van der Waals surface area contributed by atoms with Crippen molar-refractivity contribution in [3.63, 3.8) is 0 Å². The van der Waals surface area contributed by atoms with Crippen LogP contribution >= 0.6 is 0 Å². The Morgan fingerprint density at radius 3 is 3.00 bits per heavy atom. The molecule has 1 fully saturated rings. The molecule has 0 spiro atoms. The van der Waals surface area contributed by atoms with E-state index in [2.05, 4.69) is 57.9 Å². The lowest BCUT2D eigenvalue weighted by molar-refractivity contribution is -0.133. The molecular weight excluding hydrogens is 336 g/mol. The number of rotatable bonds is 4. The van der Waals surface area contributed by atoms with Crippen LogP contribution in [0.3, 0.4) is 0 Å². The monoisotopic (exact) mass is 364 g/mol. The number of benzene rings is 1. The molecule has 0 saturated carbocycles. The number of likely N-dealkylation sites (tertiary alicyclic amines) is 1. The Morgan fingerprint density at radius 2 is 2.19 bits per heavy atom. The van der Waals surface area contributed by atoms with Gasteiger partial charge in [0.05, 0.1) is 12.2 Å². The van der Waals surface area contributed by atoms with E-state index in [1.54, 1.807) is 6.33 Å². The Bertz CT molecular complexity index is 794. The molecule has 2 aliphatic heterocycles. The Balaban J connectivity index is 1.38. The quantitative estimate of drug-likeness (QED) is 0.835. The van der Waals surface area contributed by atoms with Crippen LogP contribution in [0.1, 0.15) is 60.9 Å². The number of carbonyl (C=O) groups excluding carboxylic acids is 1. The summed E-state index contributed by atoms with van der Waals surface area (Å²) < 4.78 is 0. The summed E-state index contributed by atoms with van der Waals surface area (Å²) in [5, 5.41) is 0. The second kappa shape index (κ2) is 7.77. The average Bonchev–Trinajstić information content (AvgIpc) is 3.10. The number of hydrogen-bond acceptors (Lipinski definition) is 4. The van der Waals surface area contributed by atoms with Gasteiger partial charge in [0.25, 0.3) is 0 Å². The van der Waals surface area contributed by atoms with Crippen molar-refractivity contribution in [2.75, 3.05) is 19.6 Å². The lowest BCUT2D eigenvalue weighted by atomic mass is 9.88. The molecule has 5 nitrogen and oxygen atoms in total. The number of carbonyl (C=O) groups is 1. The summed E-state index contributed by atoms with van der Waals surface area (Å²) >= 11 is 0. The molecule has 1 amide bonds. The topological polar surface area (TPSA) is 49.3 Å². The summed E-state index contributed by atoms with van der Waals surface area (Å²) in [5.41, 5.74) is 4.96. The van der Waals surface area contributed by atoms with Gasteiger partial charge in [-0.3, -0.25) is 9.69 Å². The van der Waals surface area contributed by atoms with E-state index in [1.165, 1.54) is 11.1 Å². The zero-order chi connectivity index (χ0) is 18.8. The minimum Gasteiger partial charge on any atom is -0.341 e. The first-order valence-corrected chi connectivity index (χ1v) is 9.98. The predicted molar refractivity (Wildman–Crippen MR) is 105 cm³/mol. The number of nitrogens with zero attached hydrogens (tertiary/aromatic N) is 4. The maximum Gasteiger partial charge on any atom is 0.236 e. The van der Waals surface area contributed by atoms with Crippen LogP contribution < -0.4 is 0 Å². The van der Waals surface area contributed by atoms with Gasteiger partial charge in [0.1, 0.15) is 6.33 Å².